The zero-order chi connectivity index (χ0) is 27.6. The lowest BCUT2D eigenvalue weighted by atomic mass is 9.77. The quantitative estimate of drug-likeness (QED) is 0.137. The van der Waals surface area contributed by atoms with Crippen molar-refractivity contribution in [3.8, 4) is 22.3 Å². The summed E-state index contributed by atoms with van der Waals surface area (Å²) >= 11 is 1.89. The number of hydrogen-bond acceptors (Lipinski definition) is 0. The summed E-state index contributed by atoms with van der Waals surface area (Å²) in [6, 6.07) is 7.25. The highest BCUT2D eigenvalue weighted by molar-refractivity contribution is 9.09. The highest BCUT2D eigenvalue weighted by atomic mass is 79.9. The molecule has 0 saturated heterocycles. The van der Waals surface area contributed by atoms with E-state index in [0.717, 1.165) is 43.4 Å². The minimum absolute atomic E-state index is 0.0157. The van der Waals surface area contributed by atoms with E-state index in [9.17, 15) is 26.3 Å². The molecular weight excluding hydrogens is 573 g/mol. The molecule has 0 heterocycles. The first-order valence-corrected chi connectivity index (χ1v) is 13.6. The van der Waals surface area contributed by atoms with Gasteiger partial charge in [0.05, 0.1) is 5.56 Å². The average molecular weight is 601 g/mol. The Kier molecular flexibility index (Phi) is 8.90. The van der Waals surface area contributed by atoms with Crippen molar-refractivity contribution in [3.63, 3.8) is 0 Å². The van der Waals surface area contributed by atoms with Crippen LogP contribution in [0.25, 0.3) is 22.3 Å². The van der Waals surface area contributed by atoms with Crippen LogP contribution in [-0.4, -0.2) is 0 Å². The molecule has 1 saturated carbocycles. The molecule has 0 radical (unpaired) electrons. The van der Waals surface area contributed by atoms with Gasteiger partial charge in [-0.2, -0.15) is 8.78 Å². The van der Waals surface area contributed by atoms with Crippen LogP contribution < -0.4 is 0 Å². The van der Waals surface area contributed by atoms with Crippen LogP contribution in [-0.2, 0) is 4.83 Å². The van der Waals surface area contributed by atoms with Crippen molar-refractivity contribution < 1.29 is 30.7 Å². The van der Waals surface area contributed by atoms with Crippen molar-refractivity contribution in [1.29, 1.82) is 0 Å². The molecule has 3 aromatic rings. The van der Waals surface area contributed by atoms with Crippen molar-refractivity contribution in [1.82, 2.24) is 0 Å². The summed E-state index contributed by atoms with van der Waals surface area (Å²) < 4.78 is 100. The van der Waals surface area contributed by atoms with E-state index >= 15 is 4.39 Å². The van der Waals surface area contributed by atoms with E-state index in [-0.39, 0.29) is 17.0 Å². The van der Waals surface area contributed by atoms with Crippen LogP contribution in [0.4, 0.5) is 30.7 Å². The monoisotopic (exact) mass is 600 g/mol. The molecule has 1 aliphatic rings. The van der Waals surface area contributed by atoms with E-state index in [1.54, 1.807) is 6.07 Å². The smallest absolute Gasteiger partial charge is 0.206 e. The second-order valence-electron chi connectivity index (χ2n) is 10.1. The summed E-state index contributed by atoms with van der Waals surface area (Å²) in [5.74, 6) is -5.43. The van der Waals surface area contributed by atoms with E-state index in [2.05, 4.69) is 6.92 Å². The van der Waals surface area contributed by atoms with Gasteiger partial charge in [-0.25, -0.2) is 22.0 Å². The number of unbranched alkanes of at least 4 members (excludes halogenated alkanes) is 2. The first-order valence-electron chi connectivity index (χ1n) is 12.8. The standard InChI is InChI=1S/C30H28BrF7/c1-2-3-4-5-17-6-8-18(9-7-17)19-10-11-22(23(32)12-19)20-13-24(33)28(25(34)14-20)21-15-26(35)29(27(36)16-21)30(31,37)38/h10-18H,2-9H2,1H3. The van der Waals surface area contributed by atoms with E-state index in [4.69, 9.17) is 0 Å². The zero-order valence-electron chi connectivity index (χ0n) is 20.9. The first-order chi connectivity index (χ1) is 18.0. The predicted octanol–water partition coefficient (Wildman–Crippen LogP) is 11.0. The van der Waals surface area contributed by atoms with Gasteiger partial charge in [-0.05, 0) is 100 Å². The normalized spacial score (nSPS) is 18.1. The Morgan fingerprint density at radius 2 is 1.32 bits per heavy atom. The maximum atomic E-state index is 15.1. The summed E-state index contributed by atoms with van der Waals surface area (Å²) in [7, 11) is 0. The summed E-state index contributed by atoms with van der Waals surface area (Å²) in [6.07, 6.45) is 9.05. The van der Waals surface area contributed by atoms with E-state index in [1.807, 2.05) is 15.9 Å². The number of rotatable bonds is 8. The van der Waals surface area contributed by atoms with Crippen LogP contribution >= 0.6 is 15.9 Å². The highest BCUT2D eigenvalue weighted by Crippen LogP contribution is 2.42. The molecule has 0 bridgehead atoms. The lowest BCUT2D eigenvalue weighted by molar-refractivity contribution is 0.105. The topological polar surface area (TPSA) is 0 Å². The average Bonchev–Trinajstić information content (AvgIpc) is 2.83. The molecule has 8 heteroatoms. The van der Waals surface area contributed by atoms with E-state index < -0.39 is 50.6 Å². The van der Waals surface area contributed by atoms with Crippen molar-refractivity contribution in [2.75, 3.05) is 0 Å². The fourth-order valence-electron chi connectivity index (χ4n) is 5.48. The number of benzene rings is 3. The molecule has 0 aromatic heterocycles. The fourth-order valence-corrected chi connectivity index (χ4v) is 5.86. The molecule has 0 atom stereocenters. The molecule has 0 amide bonds. The first kappa shape index (κ1) is 28.7. The molecule has 204 valence electrons. The van der Waals surface area contributed by atoms with Gasteiger partial charge in [-0.3, -0.25) is 0 Å². The minimum atomic E-state index is -4.00. The molecule has 0 N–H and O–H groups in total. The zero-order valence-corrected chi connectivity index (χ0v) is 22.5. The van der Waals surface area contributed by atoms with Gasteiger partial charge in [0.15, 0.2) is 0 Å². The van der Waals surface area contributed by atoms with Crippen LogP contribution in [0.15, 0.2) is 42.5 Å². The minimum Gasteiger partial charge on any atom is -0.206 e. The van der Waals surface area contributed by atoms with Crippen LogP contribution in [0.5, 0.6) is 0 Å². The van der Waals surface area contributed by atoms with Gasteiger partial charge in [0.2, 0.25) is 0 Å². The Hall–Kier alpha value is -2.35. The molecule has 0 unspecified atom stereocenters. The summed E-state index contributed by atoms with van der Waals surface area (Å²) in [5.41, 5.74) is -2.21. The Morgan fingerprint density at radius 1 is 0.737 bits per heavy atom. The van der Waals surface area contributed by atoms with Gasteiger partial charge in [0, 0.05) is 5.56 Å². The number of halogens is 8. The Labute approximate surface area is 226 Å². The second-order valence-corrected chi connectivity index (χ2v) is 11.1. The summed E-state index contributed by atoms with van der Waals surface area (Å²) in [4.78, 5) is -4.00. The molecule has 3 aromatic carbocycles. The molecule has 1 fully saturated rings. The SMILES string of the molecule is CCCCCC1CCC(c2ccc(-c3cc(F)c(-c4cc(F)c(C(F)(F)Br)c(F)c4)c(F)c3)c(F)c2)CC1. The van der Waals surface area contributed by atoms with Crippen molar-refractivity contribution in [2.24, 2.45) is 5.92 Å². The van der Waals surface area contributed by atoms with Crippen LogP contribution in [0, 0.1) is 35.0 Å². The van der Waals surface area contributed by atoms with Gasteiger partial charge in [0.1, 0.15) is 34.6 Å². The third-order valence-electron chi connectivity index (χ3n) is 7.49. The Bertz CT molecular complexity index is 1240. The van der Waals surface area contributed by atoms with Crippen molar-refractivity contribution >= 4 is 15.9 Å². The van der Waals surface area contributed by atoms with E-state index in [1.165, 1.54) is 37.8 Å². The summed E-state index contributed by atoms with van der Waals surface area (Å²) in [6.45, 7) is 2.18. The third-order valence-corrected chi connectivity index (χ3v) is 7.89. The van der Waals surface area contributed by atoms with Crippen molar-refractivity contribution in [3.05, 3.63) is 82.7 Å². The number of alkyl halides is 3. The third kappa shape index (κ3) is 6.27. The van der Waals surface area contributed by atoms with Crippen molar-refractivity contribution in [2.45, 2.75) is 69.0 Å². The van der Waals surface area contributed by atoms with Gasteiger partial charge < -0.3 is 0 Å². The molecule has 1 aliphatic carbocycles. The largest absolute Gasteiger partial charge is 0.332 e. The summed E-state index contributed by atoms with van der Waals surface area (Å²) in [5, 5.41) is 0. The molecule has 38 heavy (non-hydrogen) atoms. The molecule has 0 nitrogen and oxygen atoms in total. The lowest BCUT2D eigenvalue weighted by Crippen LogP contribution is -2.13. The maximum absolute atomic E-state index is 15.1. The van der Waals surface area contributed by atoms with Gasteiger partial charge >= 0.3 is 4.83 Å². The molecular formula is C30H28BrF7. The lowest BCUT2D eigenvalue weighted by Gasteiger charge is -2.29. The maximum Gasteiger partial charge on any atom is 0.332 e. The Balaban J connectivity index is 1.55. The van der Waals surface area contributed by atoms with Gasteiger partial charge in [0.25, 0.3) is 0 Å². The highest BCUT2D eigenvalue weighted by Gasteiger charge is 2.35. The van der Waals surface area contributed by atoms with Crippen LogP contribution in [0.1, 0.15) is 75.3 Å². The number of hydrogen-bond donors (Lipinski definition) is 0. The Morgan fingerprint density at radius 3 is 1.84 bits per heavy atom. The molecule has 0 spiro atoms. The van der Waals surface area contributed by atoms with Crippen LogP contribution in [0.2, 0.25) is 0 Å². The second kappa shape index (κ2) is 11.8. The predicted molar refractivity (Wildman–Crippen MR) is 139 cm³/mol. The van der Waals surface area contributed by atoms with Gasteiger partial charge in [-0.1, -0.05) is 44.7 Å². The van der Waals surface area contributed by atoms with Gasteiger partial charge in [-0.15, -0.1) is 0 Å². The molecule has 0 aliphatic heterocycles. The molecule has 4 rings (SSSR count). The van der Waals surface area contributed by atoms with E-state index in [0.29, 0.717) is 18.1 Å². The van der Waals surface area contributed by atoms with Crippen LogP contribution in [0.3, 0.4) is 0 Å². The fraction of sp³-hybridized carbons (Fsp3) is 0.400.